The van der Waals surface area contributed by atoms with Gasteiger partial charge in [-0.1, -0.05) is 19.1 Å². The maximum absolute atomic E-state index is 13.4. The van der Waals surface area contributed by atoms with Gasteiger partial charge < -0.3 is 34.6 Å². The van der Waals surface area contributed by atoms with Crippen LogP contribution in [0.4, 0.5) is 0 Å². The SMILES string of the molecule is CCC(=O)C(=O)N(CCc1cccc(OC)c1)C1CC(C(=O)NCCO)=CC(Oc2c(I)cc(C=O)cc2OC)C1O. The lowest BCUT2D eigenvalue weighted by atomic mass is 9.87. The number of nitrogens with one attached hydrogen (secondary N) is 1. The number of benzene rings is 2. The molecule has 1 aliphatic rings. The lowest BCUT2D eigenvalue weighted by Gasteiger charge is -2.40. The number of aldehydes is 1. The zero-order valence-electron chi connectivity index (χ0n) is 23.7. The molecule has 2 aromatic rings. The summed E-state index contributed by atoms with van der Waals surface area (Å²) < 4.78 is 17.4. The third-order valence-corrected chi connectivity index (χ3v) is 7.65. The molecule has 42 heavy (non-hydrogen) atoms. The number of Topliss-reactive ketones (excluding diaryl/α,β-unsaturated/α-hetero) is 1. The number of ether oxygens (including phenoxy) is 3. The number of carbonyl (C=O) groups excluding carboxylic acids is 4. The highest BCUT2D eigenvalue weighted by Gasteiger charge is 2.41. The molecule has 3 unspecified atom stereocenters. The van der Waals surface area contributed by atoms with Crippen molar-refractivity contribution in [3.05, 3.63) is 62.7 Å². The van der Waals surface area contributed by atoms with E-state index in [-0.39, 0.29) is 49.6 Å². The second-order valence-electron chi connectivity index (χ2n) is 9.54. The number of halogens is 1. The number of aliphatic hydroxyl groups is 2. The summed E-state index contributed by atoms with van der Waals surface area (Å²) in [7, 11) is 2.96. The Labute approximate surface area is 258 Å². The van der Waals surface area contributed by atoms with Gasteiger partial charge in [0.25, 0.3) is 5.91 Å². The Morgan fingerprint density at radius 2 is 1.93 bits per heavy atom. The Kier molecular flexibility index (Phi) is 12.3. The molecule has 11 nitrogen and oxygen atoms in total. The van der Waals surface area contributed by atoms with Gasteiger partial charge in [0.15, 0.2) is 11.5 Å². The normalized spacial score (nSPS) is 18.0. The van der Waals surface area contributed by atoms with Crippen LogP contribution in [0.3, 0.4) is 0 Å². The van der Waals surface area contributed by atoms with Crippen molar-refractivity contribution in [1.29, 1.82) is 0 Å². The number of hydrogen-bond donors (Lipinski definition) is 3. The van der Waals surface area contributed by atoms with Crippen molar-refractivity contribution in [1.82, 2.24) is 10.2 Å². The first-order valence-corrected chi connectivity index (χ1v) is 14.5. The summed E-state index contributed by atoms with van der Waals surface area (Å²) in [6.07, 6.45) is -0.0870. The number of methoxy groups -OCH3 is 2. The zero-order valence-corrected chi connectivity index (χ0v) is 25.8. The average molecular weight is 695 g/mol. The van der Waals surface area contributed by atoms with Crippen molar-refractivity contribution >= 4 is 46.5 Å². The van der Waals surface area contributed by atoms with E-state index in [9.17, 15) is 29.4 Å². The van der Waals surface area contributed by atoms with Crippen molar-refractivity contribution in [2.75, 3.05) is 33.9 Å². The summed E-state index contributed by atoms with van der Waals surface area (Å²) in [5.41, 5.74) is 1.42. The number of hydrogen-bond acceptors (Lipinski definition) is 9. The third kappa shape index (κ3) is 8.07. The van der Waals surface area contributed by atoms with Gasteiger partial charge >= 0.3 is 0 Å². The second-order valence-corrected chi connectivity index (χ2v) is 10.7. The first-order valence-electron chi connectivity index (χ1n) is 13.4. The van der Waals surface area contributed by atoms with Crippen LogP contribution in [0.2, 0.25) is 0 Å². The summed E-state index contributed by atoms with van der Waals surface area (Å²) in [5, 5.41) is 23.4. The molecule has 12 heteroatoms. The van der Waals surface area contributed by atoms with Gasteiger partial charge in [-0.25, -0.2) is 0 Å². The van der Waals surface area contributed by atoms with Gasteiger partial charge in [0, 0.05) is 37.1 Å². The maximum Gasteiger partial charge on any atom is 0.290 e. The lowest BCUT2D eigenvalue weighted by Crippen LogP contribution is -2.56. The summed E-state index contributed by atoms with van der Waals surface area (Å²) in [5.74, 6) is -0.802. The van der Waals surface area contributed by atoms with Crippen LogP contribution in [0.25, 0.3) is 0 Å². The lowest BCUT2D eigenvalue weighted by molar-refractivity contribution is -0.149. The quantitative estimate of drug-likeness (QED) is 0.154. The highest BCUT2D eigenvalue weighted by Crippen LogP contribution is 2.37. The molecule has 3 rings (SSSR count). The van der Waals surface area contributed by atoms with E-state index in [1.165, 1.54) is 24.2 Å². The summed E-state index contributed by atoms with van der Waals surface area (Å²) in [6, 6.07) is 9.36. The number of ketones is 1. The molecule has 3 atom stereocenters. The minimum absolute atomic E-state index is 0.000597. The van der Waals surface area contributed by atoms with Crippen LogP contribution in [0.15, 0.2) is 48.0 Å². The maximum atomic E-state index is 13.4. The van der Waals surface area contributed by atoms with Crippen molar-refractivity contribution in [2.45, 2.75) is 44.4 Å². The molecule has 0 bridgehead atoms. The highest BCUT2D eigenvalue weighted by molar-refractivity contribution is 14.1. The van der Waals surface area contributed by atoms with Crippen LogP contribution in [0.5, 0.6) is 17.2 Å². The van der Waals surface area contributed by atoms with Crippen LogP contribution in [0.1, 0.15) is 35.7 Å². The standard InChI is InChI=1S/C30H35IN2O9/c1-4-24(36)30(39)33(10-8-18-6-5-7-21(12-18)40-2)23-15-20(29(38)32-9-11-34)16-25(27(23)37)42-28-22(31)13-19(17-35)14-26(28)41-3/h5-7,12-14,16-17,23,25,27,34,37H,4,8-11,15H2,1-3H3,(H,32,38). The molecule has 2 aromatic carbocycles. The van der Waals surface area contributed by atoms with Gasteiger partial charge in [-0.15, -0.1) is 0 Å². The Balaban J connectivity index is 2.02. The zero-order chi connectivity index (χ0) is 30.8. The Morgan fingerprint density at radius 1 is 1.17 bits per heavy atom. The number of nitrogens with zero attached hydrogens (tertiary/aromatic N) is 1. The summed E-state index contributed by atoms with van der Waals surface area (Å²) >= 11 is 1.97. The minimum atomic E-state index is -1.34. The molecule has 0 aromatic heterocycles. The van der Waals surface area contributed by atoms with Crippen molar-refractivity contribution in [3.8, 4) is 17.2 Å². The highest BCUT2D eigenvalue weighted by atomic mass is 127. The monoisotopic (exact) mass is 694 g/mol. The van der Waals surface area contributed by atoms with Gasteiger partial charge in [0.1, 0.15) is 24.2 Å². The molecule has 0 heterocycles. The number of aliphatic hydroxyl groups excluding tert-OH is 2. The van der Waals surface area contributed by atoms with E-state index in [0.717, 1.165) is 5.56 Å². The van der Waals surface area contributed by atoms with Crippen molar-refractivity contribution in [3.63, 3.8) is 0 Å². The molecular weight excluding hydrogens is 659 g/mol. The van der Waals surface area contributed by atoms with E-state index in [4.69, 9.17) is 14.2 Å². The number of amides is 2. The summed E-state index contributed by atoms with van der Waals surface area (Å²) in [6.45, 7) is 1.38. The fourth-order valence-electron chi connectivity index (χ4n) is 4.64. The smallest absolute Gasteiger partial charge is 0.290 e. The van der Waals surface area contributed by atoms with Gasteiger partial charge in [-0.05, 0) is 64.9 Å². The van der Waals surface area contributed by atoms with Crippen LogP contribution >= 0.6 is 22.6 Å². The molecular formula is C30H35IN2O9. The molecule has 0 spiro atoms. The Hall–Kier alpha value is -3.49. The fraction of sp³-hybridized carbons (Fsp3) is 0.400. The molecule has 0 aliphatic heterocycles. The van der Waals surface area contributed by atoms with E-state index < -0.39 is 35.8 Å². The second kappa shape index (κ2) is 15.7. The number of rotatable bonds is 14. The first kappa shape index (κ1) is 33.0. The molecule has 0 saturated carbocycles. The van der Waals surface area contributed by atoms with E-state index in [1.807, 2.05) is 40.8 Å². The van der Waals surface area contributed by atoms with Crippen LogP contribution in [0, 0.1) is 3.57 Å². The first-order chi connectivity index (χ1) is 20.2. The molecule has 226 valence electrons. The van der Waals surface area contributed by atoms with E-state index in [1.54, 1.807) is 26.2 Å². The van der Waals surface area contributed by atoms with Crippen LogP contribution in [-0.4, -0.2) is 91.2 Å². The van der Waals surface area contributed by atoms with E-state index >= 15 is 0 Å². The van der Waals surface area contributed by atoms with Gasteiger partial charge in [0.2, 0.25) is 11.7 Å². The van der Waals surface area contributed by atoms with Gasteiger partial charge in [-0.3, -0.25) is 19.2 Å². The predicted molar refractivity (Wildman–Crippen MR) is 162 cm³/mol. The molecule has 0 saturated heterocycles. The van der Waals surface area contributed by atoms with Crippen LogP contribution in [-0.2, 0) is 20.8 Å². The number of carbonyl (C=O) groups is 4. The van der Waals surface area contributed by atoms with Crippen LogP contribution < -0.4 is 19.5 Å². The Bertz CT molecular complexity index is 1330. The average Bonchev–Trinajstić information content (AvgIpc) is 3.01. The largest absolute Gasteiger partial charge is 0.497 e. The molecule has 2 amide bonds. The molecule has 0 fully saturated rings. The van der Waals surface area contributed by atoms with E-state index in [2.05, 4.69) is 5.32 Å². The molecule has 0 radical (unpaired) electrons. The molecule has 3 N–H and O–H groups in total. The van der Waals surface area contributed by atoms with Crippen molar-refractivity contribution < 1.29 is 43.6 Å². The van der Waals surface area contributed by atoms with E-state index in [0.29, 0.717) is 27.6 Å². The topological polar surface area (TPSA) is 152 Å². The fourth-order valence-corrected chi connectivity index (χ4v) is 5.40. The molecule has 1 aliphatic carbocycles. The van der Waals surface area contributed by atoms with Crippen molar-refractivity contribution in [2.24, 2.45) is 0 Å². The van der Waals surface area contributed by atoms with Gasteiger partial charge in [0.05, 0.1) is 30.4 Å². The van der Waals surface area contributed by atoms with Gasteiger partial charge in [-0.2, -0.15) is 0 Å². The minimum Gasteiger partial charge on any atom is -0.497 e. The predicted octanol–water partition coefficient (Wildman–Crippen LogP) is 2.09. The Morgan fingerprint density at radius 3 is 2.57 bits per heavy atom. The third-order valence-electron chi connectivity index (χ3n) is 6.85. The summed E-state index contributed by atoms with van der Waals surface area (Å²) in [4.78, 5) is 51.7.